The van der Waals surface area contributed by atoms with Gasteiger partial charge in [0.2, 0.25) is 0 Å². The Morgan fingerprint density at radius 2 is 1.85 bits per heavy atom. The Balaban J connectivity index is 0.00000144. The van der Waals surface area contributed by atoms with Gasteiger partial charge in [0.25, 0.3) is 0 Å². The molecule has 0 radical (unpaired) electrons. The Labute approximate surface area is 84.3 Å². The van der Waals surface area contributed by atoms with Crippen molar-refractivity contribution in [3.8, 4) is 0 Å². The van der Waals surface area contributed by atoms with E-state index in [0.717, 1.165) is 5.56 Å². The third-order valence-corrected chi connectivity index (χ3v) is 1.56. The summed E-state index contributed by atoms with van der Waals surface area (Å²) in [5.74, 6) is -0.252. The van der Waals surface area contributed by atoms with Crippen LogP contribution in [0, 0.1) is 6.92 Å². The van der Waals surface area contributed by atoms with Gasteiger partial charge in [0.15, 0.2) is 0 Å². The zero-order valence-corrected chi connectivity index (χ0v) is 8.56. The summed E-state index contributed by atoms with van der Waals surface area (Å²) >= 11 is 0. The van der Waals surface area contributed by atoms with E-state index < -0.39 is 0 Å². The summed E-state index contributed by atoms with van der Waals surface area (Å²) in [6.45, 7) is 4.20. The van der Waals surface area contributed by atoms with E-state index in [2.05, 4.69) is 0 Å². The number of benzene rings is 1. The summed E-state index contributed by atoms with van der Waals surface area (Å²) in [5, 5.41) is 0. The van der Waals surface area contributed by atoms with E-state index in [-0.39, 0.29) is 18.4 Å². The Hall–Kier alpha value is -1.02. The number of rotatable bonds is 2. The van der Waals surface area contributed by atoms with Gasteiger partial charge in [-0.1, -0.05) is 17.7 Å². The van der Waals surface area contributed by atoms with Gasteiger partial charge in [-0.3, -0.25) is 0 Å². The minimum Gasteiger partial charge on any atom is -0.462 e. The summed E-state index contributed by atoms with van der Waals surface area (Å²) < 4.78 is 4.83. The fraction of sp³-hybridized carbons (Fsp3) is 0.300. The van der Waals surface area contributed by atoms with Gasteiger partial charge in [-0.25, -0.2) is 4.79 Å². The highest BCUT2D eigenvalue weighted by atomic mass is 35.5. The van der Waals surface area contributed by atoms with E-state index in [4.69, 9.17) is 4.74 Å². The van der Waals surface area contributed by atoms with Gasteiger partial charge >= 0.3 is 5.97 Å². The molecule has 0 bridgehead atoms. The van der Waals surface area contributed by atoms with E-state index >= 15 is 0 Å². The lowest BCUT2D eigenvalue weighted by Gasteiger charge is -2.00. The first-order valence-corrected chi connectivity index (χ1v) is 3.98. The van der Waals surface area contributed by atoms with Crippen molar-refractivity contribution in [2.45, 2.75) is 13.8 Å². The largest absolute Gasteiger partial charge is 0.462 e. The SMILES string of the molecule is CCOC(=O)c1ccc(C)cc1.Cl. The van der Waals surface area contributed by atoms with Crippen molar-refractivity contribution in [3.05, 3.63) is 35.4 Å². The highest BCUT2D eigenvalue weighted by molar-refractivity contribution is 5.89. The molecule has 0 spiro atoms. The maximum atomic E-state index is 11.1. The smallest absolute Gasteiger partial charge is 0.338 e. The Morgan fingerprint density at radius 1 is 1.31 bits per heavy atom. The molecule has 3 heteroatoms. The van der Waals surface area contributed by atoms with Crippen LogP contribution in [-0.2, 0) is 4.74 Å². The van der Waals surface area contributed by atoms with E-state index in [1.165, 1.54) is 0 Å². The second-order valence-electron chi connectivity index (χ2n) is 2.59. The van der Waals surface area contributed by atoms with Gasteiger partial charge in [-0.15, -0.1) is 12.4 Å². The molecule has 0 unspecified atom stereocenters. The molecule has 2 nitrogen and oxygen atoms in total. The first kappa shape index (κ1) is 12.0. The van der Waals surface area contributed by atoms with Crippen LogP contribution in [0.3, 0.4) is 0 Å². The number of aryl methyl sites for hydroxylation is 1. The number of hydrogen-bond donors (Lipinski definition) is 0. The van der Waals surface area contributed by atoms with Crippen LogP contribution in [0.2, 0.25) is 0 Å². The van der Waals surface area contributed by atoms with Crippen LogP contribution in [0.15, 0.2) is 24.3 Å². The van der Waals surface area contributed by atoms with Crippen molar-refractivity contribution in [2.24, 2.45) is 0 Å². The molecule has 1 aromatic rings. The first-order chi connectivity index (χ1) is 5.74. The predicted octanol–water partition coefficient (Wildman–Crippen LogP) is 2.59. The molecule has 0 saturated carbocycles. The average molecular weight is 201 g/mol. The lowest BCUT2D eigenvalue weighted by molar-refractivity contribution is 0.0526. The zero-order valence-electron chi connectivity index (χ0n) is 7.74. The van der Waals surface area contributed by atoms with Gasteiger partial charge in [0.05, 0.1) is 12.2 Å². The van der Waals surface area contributed by atoms with Crippen LogP contribution in [0.4, 0.5) is 0 Å². The van der Waals surface area contributed by atoms with Crippen molar-refractivity contribution in [2.75, 3.05) is 6.61 Å². The van der Waals surface area contributed by atoms with Crippen LogP contribution in [0.25, 0.3) is 0 Å². The lowest BCUT2D eigenvalue weighted by Crippen LogP contribution is -2.03. The highest BCUT2D eigenvalue weighted by Gasteiger charge is 2.03. The summed E-state index contributed by atoms with van der Waals surface area (Å²) in [6.07, 6.45) is 0. The molecule has 0 atom stereocenters. The van der Waals surface area contributed by atoms with E-state index in [9.17, 15) is 4.79 Å². The Morgan fingerprint density at radius 3 is 2.31 bits per heavy atom. The third kappa shape index (κ3) is 3.47. The fourth-order valence-electron chi connectivity index (χ4n) is 0.904. The zero-order chi connectivity index (χ0) is 8.97. The van der Waals surface area contributed by atoms with Crippen molar-refractivity contribution in [1.29, 1.82) is 0 Å². The van der Waals surface area contributed by atoms with Crippen LogP contribution in [0.1, 0.15) is 22.8 Å². The van der Waals surface area contributed by atoms with Gasteiger partial charge in [0, 0.05) is 0 Å². The predicted molar refractivity (Wildman–Crippen MR) is 54.4 cm³/mol. The van der Waals surface area contributed by atoms with Crippen LogP contribution >= 0.6 is 12.4 Å². The number of carbonyl (C=O) groups excluding carboxylic acids is 1. The summed E-state index contributed by atoms with van der Waals surface area (Å²) in [6, 6.07) is 7.33. The number of ether oxygens (including phenoxy) is 1. The fourth-order valence-corrected chi connectivity index (χ4v) is 0.904. The summed E-state index contributed by atoms with van der Waals surface area (Å²) in [5.41, 5.74) is 1.76. The van der Waals surface area contributed by atoms with Gasteiger partial charge in [-0.2, -0.15) is 0 Å². The summed E-state index contributed by atoms with van der Waals surface area (Å²) in [4.78, 5) is 11.1. The number of carbonyl (C=O) groups is 1. The molecule has 0 amide bonds. The quantitative estimate of drug-likeness (QED) is 0.686. The Bertz CT molecular complexity index is 267. The first-order valence-electron chi connectivity index (χ1n) is 3.98. The van der Waals surface area contributed by atoms with Crippen LogP contribution in [0.5, 0.6) is 0 Å². The van der Waals surface area contributed by atoms with Gasteiger partial charge in [-0.05, 0) is 26.0 Å². The minimum absolute atomic E-state index is 0. The van der Waals surface area contributed by atoms with E-state index in [0.29, 0.717) is 12.2 Å². The third-order valence-electron chi connectivity index (χ3n) is 1.56. The molecule has 0 fully saturated rings. The topological polar surface area (TPSA) is 26.3 Å². The molecule has 1 rings (SSSR count). The monoisotopic (exact) mass is 200 g/mol. The lowest BCUT2D eigenvalue weighted by atomic mass is 10.1. The van der Waals surface area contributed by atoms with Gasteiger partial charge < -0.3 is 4.74 Å². The molecule has 13 heavy (non-hydrogen) atoms. The van der Waals surface area contributed by atoms with Crippen molar-refractivity contribution in [3.63, 3.8) is 0 Å². The van der Waals surface area contributed by atoms with Crippen molar-refractivity contribution in [1.82, 2.24) is 0 Å². The highest BCUT2D eigenvalue weighted by Crippen LogP contribution is 2.04. The molecule has 0 N–H and O–H groups in total. The molecule has 0 aliphatic heterocycles. The average Bonchev–Trinajstić information content (AvgIpc) is 2.06. The maximum Gasteiger partial charge on any atom is 0.338 e. The molecular formula is C10H13ClO2. The van der Waals surface area contributed by atoms with Crippen molar-refractivity contribution >= 4 is 18.4 Å². The number of halogens is 1. The van der Waals surface area contributed by atoms with Crippen LogP contribution in [-0.4, -0.2) is 12.6 Å². The van der Waals surface area contributed by atoms with E-state index in [1.807, 2.05) is 19.1 Å². The second-order valence-corrected chi connectivity index (χ2v) is 2.59. The van der Waals surface area contributed by atoms with Gasteiger partial charge in [0.1, 0.15) is 0 Å². The number of hydrogen-bond acceptors (Lipinski definition) is 2. The standard InChI is InChI=1S/C10H12O2.ClH/c1-3-12-10(11)9-6-4-8(2)5-7-9;/h4-7H,3H2,1-2H3;1H. The molecule has 0 heterocycles. The molecular weight excluding hydrogens is 188 g/mol. The summed E-state index contributed by atoms with van der Waals surface area (Å²) in [7, 11) is 0. The second kappa shape index (κ2) is 5.60. The molecule has 0 aromatic heterocycles. The van der Waals surface area contributed by atoms with Crippen LogP contribution < -0.4 is 0 Å². The van der Waals surface area contributed by atoms with E-state index in [1.54, 1.807) is 19.1 Å². The molecule has 0 aliphatic rings. The molecule has 72 valence electrons. The molecule has 0 saturated heterocycles. The molecule has 0 aliphatic carbocycles. The molecule has 1 aromatic carbocycles. The normalized spacial score (nSPS) is 8.77. The maximum absolute atomic E-state index is 11.1. The Kier molecular flexibility index (Phi) is 5.16. The van der Waals surface area contributed by atoms with Crippen molar-refractivity contribution < 1.29 is 9.53 Å². The number of esters is 1. The minimum atomic E-state index is -0.252.